The standard InChI is InChI=1S/C15H29N3O4/c1-5-18(8-13(19)20)12-6-11(7-12)17-14(21)16-9-15(2,3)10-22-4/h11-12H,5-10H2,1-4H3,(H,19,20)(H2,16,17,21). The summed E-state index contributed by atoms with van der Waals surface area (Å²) in [5, 5.41) is 14.6. The van der Waals surface area contributed by atoms with E-state index in [2.05, 4.69) is 10.6 Å². The van der Waals surface area contributed by atoms with E-state index in [1.165, 1.54) is 0 Å². The summed E-state index contributed by atoms with van der Waals surface area (Å²) in [6.45, 7) is 7.91. The molecule has 0 unspecified atom stereocenters. The molecule has 1 aliphatic carbocycles. The van der Waals surface area contributed by atoms with Crippen LogP contribution in [0, 0.1) is 5.41 Å². The average molecular weight is 315 g/mol. The Morgan fingerprint density at radius 1 is 1.36 bits per heavy atom. The highest BCUT2D eigenvalue weighted by Gasteiger charge is 2.34. The largest absolute Gasteiger partial charge is 0.480 e. The molecule has 2 amide bonds. The number of methoxy groups -OCH3 is 1. The minimum absolute atomic E-state index is 0.0608. The third-order valence-corrected chi connectivity index (χ3v) is 3.97. The third kappa shape index (κ3) is 6.19. The minimum Gasteiger partial charge on any atom is -0.480 e. The number of nitrogens with one attached hydrogen (secondary N) is 2. The van der Waals surface area contributed by atoms with Crippen molar-refractivity contribution in [1.29, 1.82) is 0 Å². The highest BCUT2D eigenvalue weighted by Crippen LogP contribution is 2.25. The van der Waals surface area contributed by atoms with Gasteiger partial charge in [-0.05, 0) is 19.4 Å². The lowest BCUT2D eigenvalue weighted by Crippen LogP contribution is -2.56. The Balaban J connectivity index is 2.25. The van der Waals surface area contributed by atoms with Crippen molar-refractivity contribution in [2.75, 3.05) is 33.4 Å². The van der Waals surface area contributed by atoms with Crippen molar-refractivity contribution in [3.8, 4) is 0 Å². The molecule has 1 rings (SSSR count). The van der Waals surface area contributed by atoms with E-state index in [0.717, 1.165) is 12.8 Å². The van der Waals surface area contributed by atoms with E-state index in [1.54, 1.807) is 7.11 Å². The summed E-state index contributed by atoms with van der Waals surface area (Å²) in [7, 11) is 1.65. The van der Waals surface area contributed by atoms with Crippen molar-refractivity contribution in [3.05, 3.63) is 0 Å². The van der Waals surface area contributed by atoms with E-state index < -0.39 is 5.97 Å². The monoisotopic (exact) mass is 315 g/mol. The number of carbonyl (C=O) groups excluding carboxylic acids is 1. The SMILES string of the molecule is CCN(CC(=O)O)C1CC(NC(=O)NCC(C)(C)COC)C1. The molecule has 0 heterocycles. The number of carboxylic acids is 1. The molecule has 22 heavy (non-hydrogen) atoms. The van der Waals surface area contributed by atoms with Crippen molar-refractivity contribution in [2.45, 2.75) is 45.7 Å². The van der Waals surface area contributed by atoms with Crippen molar-refractivity contribution in [3.63, 3.8) is 0 Å². The zero-order valence-corrected chi connectivity index (χ0v) is 14.0. The molecule has 3 N–H and O–H groups in total. The van der Waals surface area contributed by atoms with Crippen LogP contribution in [0.1, 0.15) is 33.6 Å². The number of likely N-dealkylation sites (N-methyl/N-ethyl adjacent to an activating group) is 1. The van der Waals surface area contributed by atoms with E-state index in [-0.39, 0.29) is 30.1 Å². The number of hydrogen-bond donors (Lipinski definition) is 3. The predicted molar refractivity (Wildman–Crippen MR) is 83.9 cm³/mol. The van der Waals surface area contributed by atoms with Crippen LogP contribution in [0.15, 0.2) is 0 Å². The lowest BCUT2D eigenvalue weighted by atomic mass is 9.85. The molecule has 0 bridgehead atoms. The number of aliphatic carboxylic acids is 1. The molecular formula is C15H29N3O4. The molecule has 0 saturated heterocycles. The minimum atomic E-state index is -0.809. The van der Waals surface area contributed by atoms with Gasteiger partial charge in [0.25, 0.3) is 0 Å². The van der Waals surface area contributed by atoms with Gasteiger partial charge in [0.1, 0.15) is 0 Å². The summed E-state index contributed by atoms with van der Waals surface area (Å²) in [6.07, 6.45) is 1.60. The van der Waals surface area contributed by atoms with Crippen LogP contribution in [-0.4, -0.2) is 67.4 Å². The van der Waals surface area contributed by atoms with Crippen LogP contribution < -0.4 is 10.6 Å². The second-order valence-corrected chi connectivity index (χ2v) is 6.70. The Kier molecular flexibility index (Phi) is 7.09. The van der Waals surface area contributed by atoms with Crippen LogP contribution in [0.3, 0.4) is 0 Å². The fourth-order valence-electron chi connectivity index (χ4n) is 2.67. The second kappa shape index (κ2) is 8.33. The molecular weight excluding hydrogens is 286 g/mol. The molecule has 7 nitrogen and oxygen atoms in total. The van der Waals surface area contributed by atoms with Crippen LogP contribution >= 0.6 is 0 Å². The van der Waals surface area contributed by atoms with Crippen molar-refractivity contribution >= 4 is 12.0 Å². The summed E-state index contributed by atoms with van der Waals surface area (Å²) >= 11 is 0. The van der Waals surface area contributed by atoms with Gasteiger partial charge in [-0.2, -0.15) is 0 Å². The fraction of sp³-hybridized carbons (Fsp3) is 0.867. The Bertz CT molecular complexity index is 381. The van der Waals surface area contributed by atoms with Crippen molar-refractivity contribution < 1.29 is 19.4 Å². The van der Waals surface area contributed by atoms with Crippen LogP contribution in [0.5, 0.6) is 0 Å². The first-order valence-corrected chi connectivity index (χ1v) is 7.76. The molecule has 0 aromatic heterocycles. The molecule has 1 fully saturated rings. The maximum Gasteiger partial charge on any atom is 0.317 e. The zero-order chi connectivity index (χ0) is 16.8. The number of ether oxygens (including phenoxy) is 1. The lowest BCUT2D eigenvalue weighted by molar-refractivity contribution is -0.139. The van der Waals surface area contributed by atoms with E-state index in [4.69, 9.17) is 9.84 Å². The smallest absolute Gasteiger partial charge is 0.317 e. The first kappa shape index (κ1) is 18.7. The second-order valence-electron chi connectivity index (χ2n) is 6.70. The maximum absolute atomic E-state index is 11.9. The summed E-state index contributed by atoms with van der Waals surface area (Å²) < 4.78 is 5.11. The summed E-state index contributed by atoms with van der Waals surface area (Å²) in [4.78, 5) is 24.6. The first-order valence-electron chi connectivity index (χ1n) is 7.76. The van der Waals surface area contributed by atoms with Gasteiger partial charge >= 0.3 is 12.0 Å². The molecule has 7 heteroatoms. The molecule has 0 radical (unpaired) electrons. The van der Waals surface area contributed by atoms with Crippen molar-refractivity contribution in [2.24, 2.45) is 5.41 Å². The number of carboxylic acid groups (broad SMARTS) is 1. The van der Waals surface area contributed by atoms with Crippen LogP contribution in [-0.2, 0) is 9.53 Å². The third-order valence-electron chi connectivity index (χ3n) is 3.97. The molecule has 1 saturated carbocycles. The summed E-state index contributed by atoms with van der Waals surface area (Å²) in [6, 6.07) is 0.198. The Morgan fingerprint density at radius 2 is 2.00 bits per heavy atom. The van der Waals surface area contributed by atoms with Gasteiger partial charge in [0, 0.05) is 31.2 Å². The fourth-order valence-corrected chi connectivity index (χ4v) is 2.67. The van der Waals surface area contributed by atoms with E-state index >= 15 is 0 Å². The number of hydrogen-bond acceptors (Lipinski definition) is 4. The molecule has 0 aliphatic heterocycles. The Labute approximate surface area is 132 Å². The average Bonchev–Trinajstić information content (AvgIpc) is 2.37. The van der Waals surface area contributed by atoms with Gasteiger partial charge in [-0.3, -0.25) is 9.69 Å². The molecule has 0 aromatic carbocycles. The number of nitrogens with zero attached hydrogens (tertiary/aromatic N) is 1. The van der Waals surface area contributed by atoms with Crippen LogP contribution in [0.25, 0.3) is 0 Å². The van der Waals surface area contributed by atoms with Gasteiger partial charge in [0.05, 0.1) is 13.2 Å². The van der Waals surface area contributed by atoms with Gasteiger partial charge < -0.3 is 20.5 Å². The van der Waals surface area contributed by atoms with Gasteiger partial charge in [0.15, 0.2) is 0 Å². The molecule has 1 aliphatic rings. The summed E-state index contributed by atoms with van der Waals surface area (Å²) in [5.41, 5.74) is -0.102. The number of amides is 2. The van der Waals surface area contributed by atoms with Gasteiger partial charge in [0.2, 0.25) is 0 Å². The van der Waals surface area contributed by atoms with Gasteiger partial charge in [-0.15, -0.1) is 0 Å². The number of rotatable bonds is 9. The zero-order valence-electron chi connectivity index (χ0n) is 14.0. The lowest BCUT2D eigenvalue weighted by Gasteiger charge is -2.42. The van der Waals surface area contributed by atoms with Crippen molar-refractivity contribution in [1.82, 2.24) is 15.5 Å². The predicted octanol–water partition coefficient (Wildman–Crippen LogP) is 0.896. The highest BCUT2D eigenvalue weighted by molar-refractivity contribution is 5.74. The first-order chi connectivity index (χ1) is 10.3. The topological polar surface area (TPSA) is 90.9 Å². The normalized spacial score (nSPS) is 21.3. The van der Waals surface area contributed by atoms with E-state index in [1.807, 2.05) is 25.7 Å². The Hall–Kier alpha value is -1.34. The van der Waals surface area contributed by atoms with Crippen LogP contribution in [0.2, 0.25) is 0 Å². The number of carbonyl (C=O) groups is 2. The highest BCUT2D eigenvalue weighted by atomic mass is 16.5. The van der Waals surface area contributed by atoms with Gasteiger partial charge in [-0.25, -0.2) is 4.79 Å². The molecule has 128 valence electrons. The van der Waals surface area contributed by atoms with Gasteiger partial charge in [-0.1, -0.05) is 20.8 Å². The van der Waals surface area contributed by atoms with E-state index in [9.17, 15) is 9.59 Å². The van der Waals surface area contributed by atoms with E-state index in [0.29, 0.717) is 19.7 Å². The maximum atomic E-state index is 11.9. The quantitative estimate of drug-likeness (QED) is 0.588. The molecule has 0 aromatic rings. The Morgan fingerprint density at radius 3 is 2.50 bits per heavy atom. The van der Waals surface area contributed by atoms with Crippen LogP contribution in [0.4, 0.5) is 4.79 Å². The molecule has 0 atom stereocenters. The summed E-state index contributed by atoms with van der Waals surface area (Å²) in [5.74, 6) is -0.809. The molecule has 0 spiro atoms. The number of urea groups is 1.